The number of amides is 1. The van der Waals surface area contributed by atoms with Gasteiger partial charge in [0.1, 0.15) is 11.5 Å². The highest BCUT2D eigenvalue weighted by atomic mass is 16.5. The maximum Gasteiger partial charge on any atom is 0.252 e. The van der Waals surface area contributed by atoms with Gasteiger partial charge in [-0.05, 0) is 24.0 Å². The second-order valence-corrected chi connectivity index (χ2v) is 4.43. The number of ether oxygens (including phenoxy) is 2. The molecule has 1 aliphatic rings. The van der Waals surface area contributed by atoms with Crippen LogP contribution in [0.15, 0.2) is 23.2 Å². The first kappa shape index (κ1) is 13.2. The van der Waals surface area contributed by atoms with Crippen molar-refractivity contribution >= 4 is 11.9 Å². The SMILES string of the molecule is COc1ccc(C2CC2C(=O)N=C(N)N)c(OC)c1. The molecular weight excluding hydrogens is 246 g/mol. The lowest BCUT2D eigenvalue weighted by atomic mass is 10.1. The van der Waals surface area contributed by atoms with Crippen molar-refractivity contribution in [3.8, 4) is 11.5 Å². The van der Waals surface area contributed by atoms with Crippen LogP contribution < -0.4 is 20.9 Å². The summed E-state index contributed by atoms with van der Waals surface area (Å²) in [6, 6.07) is 5.55. The second-order valence-electron chi connectivity index (χ2n) is 4.43. The van der Waals surface area contributed by atoms with E-state index >= 15 is 0 Å². The van der Waals surface area contributed by atoms with Gasteiger partial charge in [0.05, 0.1) is 14.2 Å². The van der Waals surface area contributed by atoms with Crippen LogP contribution in [0.25, 0.3) is 0 Å². The zero-order chi connectivity index (χ0) is 14.0. The Hall–Kier alpha value is -2.24. The number of carbonyl (C=O) groups excluding carboxylic acids is 1. The van der Waals surface area contributed by atoms with Crippen LogP contribution in [0.1, 0.15) is 17.9 Å². The fourth-order valence-electron chi connectivity index (χ4n) is 2.15. The predicted molar refractivity (Wildman–Crippen MR) is 71.2 cm³/mol. The fraction of sp³-hybridized carbons (Fsp3) is 0.385. The molecule has 2 atom stereocenters. The third-order valence-corrected chi connectivity index (χ3v) is 3.19. The summed E-state index contributed by atoms with van der Waals surface area (Å²) in [6.07, 6.45) is 0.734. The predicted octanol–water partition coefficient (Wildman–Crippen LogP) is 0.607. The number of hydrogen-bond donors (Lipinski definition) is 2. The molecule has 2 unspecified atom stereocenters. The van der Waals surface area contributed by atoms with Gasteiger partial charge in [0, 0.05) is 12.0 Å². The molecule has 1 aliphatic carbocycles. The number of carbonyl (C=O) groups is 1. The first-order chi connectivity index (χ1) is 9.06. The van der Waals surface area contributed by atoms with Gasteiger partial charge in [0.15, 0.2) is 5.96 Å². The first-order valence-corrected chi connectivity index (χ1v) is 5.92. The van der Waals surface area contributed by atoms with E-state index in [-0.39, 0.29) is 23.7 Å². The molecule has 102 valence electrons. The largest absolute Gasteiger partial charge is 0.497 e. The summed E-state index contributed by atoms with van der Waals surface area (Å²) in [7, 11) is 3.18. The number of methoxy groups -OCH3 is 2. The molecule has 2 rings (SSSR count). The Morgan fingerprint density at radius 2 is 2.05 bits per heavy atom. The monoisotopic (exact) mass is 263 g/mol. The molecule has 1 aromatic carbocycles. The Bertz CT molecular complexity index is 524. The van der Waals surface area contributed by atoms with Crippen LogP contribution in [0.4, 0.5) is 0 Å². The molecule has 6 nitrogen and oxygen atoms in total. The van der Waals surface area contributed by atoms with Gasteiger partial charge in [-0.3, -0.25) is 4.79 Å². The van der Waals surface area contributed by atoms with Gasteiger partial charge < -0.3 is 20.9 Å². The van der Waals surface area contributed by atoms with E-state index in [2.05, 4.69) is 4.99 Å². The van der Waals surface area contributed by atoms with Crippen LogP contribution in [-0.2, 0) is 4.79 Å². The Kier molecular flexibility index (Phi) is 3.59. The van der Waals surface area contributed by atoms with Crippen LogP contribution in [0.5, 0.6) is 11.5 Å². The number of rotatable bonds is 4. The van der Waals surface area contributed by atoms with Crippen molar-refractivity contribution in [1.29, 1.82) is 0 Å². The van der Waals surface area contributed by atoms with Crippen molar-refractivity contribution in [3.05, 3.63) is 23.8 Å². The van der Waals surface area contributed by atoms with E-state index in [1.54, 1.807) is 20.3 Å². The number of hydrogen-bond acceptors (Lipinski definition) is 3. The molecular formula is C13H17N3O3. The molecule has 0 bridgehead atoms. The van der Waals surface area contributed by atoms with Gasteiger partial charge in [-0.25, -0.2) is 0 Å². The molecule has 1 saturated carbocycles. The van der Waals surface area contributed by atoms with Crippen LogP contribution >= 0.6 is 0 Å². The minimum atomic E-state index is -0.275. The molecule has 1 fully saturated rings. The van der Waals surface area contributed by atoms with Crippen molar-refractivity contribution in [2.45, 2.75) is 12.3 Å². The summed E-state index contributed by atoms with van der Waals surface area (Å²) in [5.74, 6) is 0.902. The van der Waals surface area contributed by atoms with Crippen molar-refractivity contribution in [1.82, 2.24) is 0 Å². The van der Waals surface area contributed by atoms with Gasteiger partial charge >= 0.3 is 0 Å². The third-order valence-electron chi connectivity index (χ3n) is 3.19. The summed E-state index contributed by atoms with van der Waals surface area (Å²) < 4.78 is 10.5. The minimum Gasteiger partial charge on any atom is -0.497 e. The number of nitrogens with zero attached hydrogens (tertiary/aromatic N) is 1. The molecule has 0 heterocycles. The molecule has 1 aromatic rings. The van der Waals surface area contributed by atoms with Gasteiger partial charge in [0.2, 0.25) is 0 Å². The molecule has 0 aliphatic heterocycles. The lowest BCUT2D eigenvalue weighted by molar-refractivity contribution is -0.119. The normalized spacial score (nSPS) is 20.5. The zero-order valence-corrected chi connectivity index (χ0v) is 10.9. The Balaban J connectivity index is 2.17. The lowest BCUT2D eigenvalue weighted by Crippen LogP contribution is -2.24. The van der Waals surface area contributed by atoms with Crippen molar-refractivity contribution in [2.75, 3.05) is 14.2 Å². The fourth-order valence-corrected chi connectivity index (χ4v) is 2.15. The van der Waals surface area contributed by atoms with E-state index in [0.29, 0.717) is 11.5 Å². The van der Waals surface area contributed by atoms with E-state index in [1.807, 2.05) is 12.1 Å². The average molecular weight is 263 g/mol. The topological polar surface area (TPSA) is 99.9 Å². The van der Waals surface area contributed by atoms with E-state index in [4.69, 9.17) is 20.9 Å². The van der Waals surface area contributed by atoms with E-state index in [9.17, 15) is 4.79 Å². The van der Waals surface area contributed by atoms with Gasteiger partial charge in [-0.1, -0.05) is 6.07 Å². The van der Waals surface area contributed by atoms with Crippen molar-refractivity contribution < 1.29 is 14.3 Å². The third kappa shape index (κ3) is 2.78. The van der Waals surface area contributed by atoms with Crippen molar-refractivity contribution in [3.63, 3.8) is 0 Å². The number of benzene rings is 1. The molecule has 4 N–H and O–H groups in total. The van der Waals surface area contributed by atoms with E-state index in [0.717, 1.165) is 12.0 Å². The summed E-state index contributed by atoms with van der Waals surface area (Å²) in [5, 5.41) is 0. The second kappa shape index (κ2) is 5.17. The summed E-state index contributed by atoms with van der Waals surface area (Å²) in [5.41, 5.74) is 11.4. The van der Waals surface area contributed by atoms with Gasteiger partial charge in [-0.15, -0.1) is 0 Å². The highest BCUT2D eigenvalue weighted by molar-refractivity contribution is 5.94. The van der Waals surface area contributed by atoms with Gasteiger partial charge in [-0.2, -0.15) is 4.99 Å². The average Bonchev–Trinajstić information content (AvgIpc) is 3.17. The number of guanidine groups is 1. The number of aliphatic imine (C=N–C) groups is 1. The summed E-state index contributed by atoms with van der Waals surface area (Å²) in [6.45, 7) is 0. The Morgan fingerprint density at radius 3 is 2.63 bits per heavy atom. The first-order valence-electron chi connectivity index (χ1n) is 5.92. The molecule has 0 saturated heterocycles. The molecule has 0 aromatic heterocycles. The quantitative estimate of drug-likeness (QED) is 0.612. The summed E-state index contributed by atoms with van der Waals surface area (Å²) >= 11 is 0. The van der Waals surface area contributed by atoms with Crippen molar-refractivity contribution in [2.24, 2.45) is 22.4 Å². The van der Waals surface area contributed by atoms with Gasteiger partial charge in [0.25, 0.3) is 5.91 Å². The molecule has 0 spiro atoms. The highest BCUT2D eigenvalue weighted by Gasteiger charge is 2.45. The van der Waals surface area contributed by atoms with E-state index in [1.165, 1.54) is 0 Å². The molecule has 1 amide bonds. The van der Waals surface area contributed by atoms with Crippen LogP contribution in [0.3, 0.4) is 0 Å². The smallest absolute Gasteiger partial charge is 0.252 e. The molecule has 6 heteroatoms. The van der Waals surface area contributed by atoms with E-state index < -0.39 is 0 Å². The standard InChI is InChI=1S/C13H17N3O3/c1-18-7-3-4-8(11(5-7)19-2)9-6-10(9)12(17)16-13(14)15/h3-5,9-10H,6H2,1-2H3,(H4,14,15,16,17). The Labute approximate surface area is 111 Å². The minimum absolute atomic E-state index is 0.108. The van der Waals surface area contributed by atoms with Crippen LogP contribution in [0, 0.1) is 5.92 Å². The Morgan fingerprint density at radius 1 is 1.32 bits per heavy atom. The van der Waals surface area contributed by atoms with Crippen LogP contribution in [-0.4, -0.2) is 26.1 Å². The zero-order valence-electron chi connectivity index (χ0n) is 10.9. The molecule has 0 radical (unpaired) electrons. The maximum atomic E-state index is 11.7. The lowest BCUT2D eigenvalue weighted by Gasteiger charge is -2.09. The maximum absolute atomic E-state index is 11.7. The number of nitrogens with two attached hydrogens (primary N) is 2. The summed E-state index contributed by atoms with van der Waals surface area (Å²) in [4.78, 5) is 15.3. The molecule has 19 heavy (non-hydrogen) atoms. The highest BCUT2D eigenvalue weighted by Crippen LogP contribution is 2.51. The van der Waals surface area contributed by atoms with Crippen LogP contribution in [0.2, 0.25) is 0 Å².